The second-order valence-corrected chi connectivity index (χ2v) is 6.46. The van der Waals surface area contributed by atoms with Crippen LogP contribution in [0.4, 0.5) is 0 Å². The summed E-state index contributed by atoms with van der Waals surface area (Å²) < 4.78 is 0. The van der Waals surface area contributed by atoms with Crippen LogP contribution in [0.3, 0.4) is 0 Å². The normalized spacial score (nSPS) is 20.4. The average molecular weight is 290 g/mol. The summed E-state index contributed by atoms with van der Waals surface area (Å²) in [6.07, 6.45) is 3.25. The fourth-order valence-electron chi connectivity index (χ4n) is 3.34. The number of hydrogen-bond acceptors (Lipinski definition) is 3. The molecule has 2 atom stereocenters. The number of hydrogen-bond donors (Lipinski definition) is 2. The van der Waals surface area contributed by atoms with E-state index in [4.69, 9.17) is 0 Å². The van der Waals surface area contributed by atoms with Gasteiger partial charge in [0, 0.05) is 6.04 Å². The summed E-state index contributed by atoms with van der Waals surface area (Å²) in [4.78, 5) is 2.54. The molecule has 2 N–H and O–H groups in total. The molecule has 1 aliphatic heterocycles. The van der Waals surface area contributed by atoms with Crippen molar-refractivity contribution in [3.8, 4) is 0 Å². The van der Waals surface area contributed by atoms with Crippen molar-refractivity contribution in [3.63, 3.8) is 0 Å². The molecule has 0 radical (unpaired) electrons. The molecule has 1 aromatic carbocycles. The van der Waals surface area contributed by atoms with Gasteiger partial charge in [-0.2, -0.15) is 0 Å². The van der Waals surface area contributed by atoms with E-state index in [0.29, 0.717) is 12.0 Å². The maximum atomic E-state index is 9.67. The SMILES string of the molecule is CNC(CCN1CCC(C(C)O)CC1)c1cccc(C)c1. The molecule has 0 saturated carbocycles. The topological polar surface area (TPSA) is 35.5 Å². The van der Waals surface area contributed by atoms with Gasteiger partial charge in [-0.3, -0.25) is 0 Å². The molecule has 2 rings (SSSR count). The van der Waals surface area contributed by atoms with Gasteiger partial charge in [0.15, 0.2) is 0 Å². The van der Waals surface area contributed by atoms with Crippen molar-refractivity contribution in [2.24, 2.45) is 5.92 Å². The molecule has 1 fully saturated rings. The van der Waals surface area contributed by atoms with Crippen LogP contribution in [0.5, 0.6) is 0 Å². The Morgan fingerprint density at radius 2 is 2.05 bits per heavy atom. The largest absolute Gasteiger partial charge is 0.393 e. The van der Waals surface area contributed by atoms with Crippen molar-refractivity contribution in [2.45, 2.75) is 45.3 Å². The Hall–Kier alpha value is -0.900. The molecule has 0 amide bonds. The van der Waals surface area contributed by atoms with Crippen molar-refractivity contribution in [1.29, 1.82) is 0 Å². The zero-order chi connectivity index (χ0) is 15.2. The van der Waals surface area contributed by atoms with Gasteiger partial charge in [0.05, 0.1) is 6.10 Å². The Bertz CT molecular complexity index is 425. The van der Waals surface area contributed by atoms with Crippen LogP contribution in [0, 0.1) is 12.8 Å². The molecule has 3 heteroatoms. The molecular weight excluding hydrogens is 260 g/mol. The third-order valence-electron chi connectivity index (χ3n) is 4.84. The minimum atomic E-state index is -0.149. The van der Waals surface area contributed by atoms with Gasteiger partial charge >= 0.3 is 0 Å². The summed E-state index contributed by atoms with van der Waals surface area (Å²) >= 11 is 0. The molecule has 0 bridgehead atoms. The monoisotopic (exact) mass is 290 g/mol. The van der Waals surface area contributed by atoms with E-state index in [-0.39, 0.29) is 6.10 Å². The Labute approximate surface area is 129 Å². The third kappa shape index (κ3) is 4.80. The smallest absolute Gasteiger partial charge is 0.0541 e. The van der Waals surface area contributed by atoms with E-state index < -0.39 is 0 Å². The molecule has 1 aromatic rings. The zero-order valence-electron chi connectivity index (χ0n) is 13.7. The van der Waals surface area contributed by atoms with E-state index in [1.54, 1.807) is 0 Å². The molecule has 0 aromatic heterocycles. The van der Waals surface area contributed by atoms with Crippen molar-refractivity contribution in [3.05, 3.63) is 35.4 Å². The lowest BCUT2D eigenvalue weighted by atomic mass is 9.92. The number of piperidine rings is 1. The number of nitrogens with zero attached hydrogens (tertiary/aromatic N) is 1. The minimum Gasteiger partial charge on any atom is -0.393 e. The Balaban J connectivity index is 1.82. The highest BCUT2D eigenvalue weighted by molar-refractivity contribution is 5.25. The van der Waals surface area contributed by atoms with Gasteiger partial charge in [-0.15, -0.1) is 0 Å². The van der Waals surface area contributed by atoms with Gasteiger partial charge in [0.1, 0.15) is 0 Å². The molecule has 2 unspecified atom stereocenters. The second kappa shape index (κ2) is 7.92. The fourth-order valence-corrected chi connectivity index (χ4v) is 3.34. The molecular formula is C18H30N2O. The standard InChI is InChI=1S/C18H30N2O/c1-14-5-4-6-17(13-14)18(19-3)9-12-20-10-7-16(8-11-20)15(2)21/h4-6,13,15-16,18-19,21H,7-12H2,1-3H3. The number of aliphatic hydroxyl groups excluding tert-OH is 1. The maximum Gasteiger partial charge on any atom is 0.0541 e. The number of benzene rings is 1. The molecule has 118 valence electrons. The third-order valence-corrected chi connectivity index (χ3v) is 4.84. The van der Waals surface area contributed by atoms with E-state index >= 15 is 0 Å². The predicted molar refractivity (Wildman–Crippen MR) is 88.4 cm³/mol. The molecule has 0 aliphatic carbocycles. The van der Waals surface area contributed by atoms with Crippen LogP contribution in [0.15, 0.2) is 24.3 Å². The van der Waals surface area contributed by atoms with Gasteiger partial charge in [-0.05, 0) is 71.3 Å². The Morgan fingerprint density at radius 1 is 1.33 bits per heavy atom. The van der Waals surface area contributed by atoms with Gasteiger partial charge in [0.2, 0.25) is 0 Å². The first kappa shape index (κ1) is 16.5. The van der Waals surface area contributed by atoms with E-state index in [1.807, 2.05) is 14.0 Å². The number of likely N-dealkylation sites (tertiary alicyclic amines) is 1. The van der Waals surface area contributed by atoms with Crippen molar-refractivity contribution >= 4 is 0 Å². The van der Waals surface area contributed by atoms with Crippen LogP contribution in [0.1, 0.15) is 43.4 Å². The van der Waals surface area contributed by atoms with E-state index in [9.17, 15) is 5.11 Å². The quantitative estimate of drug-likeness (QED) is 0.845. The lowest BCUT2D eigenvalue weighted by Crippen LogP contribution is -2.38. The molecule has 1 saturated heterocycles. The van der Waals surface area contributed by atoms with Gasteiger partial charge in [-0.25, -0.2) is 0 Å². The van der Waals surface area contributed by atoms with Crippen LogP contribution >= 0.6 is 0 Å². The molecule has 21 heavy (non-hydrogen) atoms. The lowest BCUT2D eigenvalue weighted by Gasteiger charge is -2.34. The van der Waals surface area contributed by atoms with Crippen LogP contribution in [0.25, 0.3) is 0 Å². The maximum absolute atomic E-state index is 9.67. The average Bonchev–Trinajstić information content (AvgIpc) is 2.48. The van der Waals surface area contributed by atoms with E-state index in [0.717, 1.165) is 38.9 Å². The van der Waals surface area contributed by atoms with Crippen molar-refractivity contribution < 1.29 is 5.11 Å². The van der Waals surface area contributed by atoms with Crippen LogP contribution in [0.2, 0.25) is 0 Å². The number of aryl methyl sites for hydroxylation is 1. The molecule has 3 nitrogen and oxygen atoms in total. The second-order valence-electron chi connectivity index (χ2n) is 6.46. The first-order valence-electron chi connectivity index (χ1n) is 8.24. The summed E-state index contributed by atoms with van der Waals surface area (Å²) in [6.45, 7) is 7.46. The van der Waals surface area contributed by atoms with Gasteiger partial charge in [-0.1, -0.05) is 29.8 Å². The summed E-state index contributed by atoms with van der Waals surface area (Å²) in [6, 6.07) is 9.22. The highest BCUT2D eigenvalue weighted by Crippen LogP contribution is 2.23. The molecule has 1 heterocycles. The Morgan fingerprint density at radius 3 is 2.62 bits per heavy atom. The summed E-state index contributed by atoms with van der Waals surface area (Å²) in [7, 11) is 2.05. The molecule has 1 aliphatic rings. The van der Waals surface area contributed by atoms with Crippen LogP contribution in [-0.2, 0) is 0 Å². The number of nitrogens with one attached hydrogen (secondary N) is 1. The highest BCUT2D eigenvalue weighted by Gasteiger charge is 2.23. The minimum absolute atomic E-state index is 0.149. The fraction of sp³-hybridized carbons (Fsp3) is 0.667. The first-order chi connectivity index (χ1) is 10.1. The highest BCUT2D eigenvalue weighted by atomic mass is 16.3. The predicted octanol–water partition coefficient (Wildman–Crippen LogP) is 2.74. The lowest BCUT2D eigenvalue weighted by molar-refractivity contribution is 0.0706. The van der Waals surface area contributed by atoms with Crippen molar-refractivity contribution in [1.82, 2.24) is 10.2 Å². The first-order valence-corrected chi connectivity index (χ1v) is 8.24. The Kier molecular flexibility index (Phi) is 6.22. The zero-order valence-corrected chi connectivity index (χ0v) is 13.7. The molecule has 0 spiro atoms. The number of aliphatic hydroxyl groups is 1. The van der Waals surface area contributed by atoms with E-state index in [1.165, 1.54) is 11.1 Å². The van der Waals surface area contributed by atoms with Crippen LogP contribution < -0.4 is 5.32 Å². The summed E-state index contributed by atoms with van der Waals surface area (Å²) in [5, 5.41) is 13.1. The van der Waals surface area contributed by atoms with E-state index in [2.05, 4.69) is 41.4 Å². The summed E-state index contributed by atoms with van der Waals surface area (Å²) in [5.74, 6) is 0.498. The number of rotatable bonds is 6. The summed E-state index contributed by atoms with van der Waals surface area (Å²) in [5.41, 5.74) is 2.71. The van der Waals surface area contributed by atoms with Crippen LogP contribution in [-0.4, -0.2) is 42.8 Å². The van der Waals surface area contributed by atoms with Crippen molar-refractivity contribution in [2.75, 3.05) is 26.7 Å². The van der Waals surface area contributed by atoms with Gasteiger partial charge < -0.3 is 15.3 Å². The van der Waals surface area contributed by atoms with Gasteiger partial charge in [0.25, 0.3) is 0 Å².